The van der Waals surface area contributed by atoms with Crippen molar-refractivity contribution in [2.75, 3.05) is 6.54 Å². The maximum Gasteiger partial charge on any atom is 0.193 e. The van der Waals surface area contributed by atoms with E-state index in [0.717, 1.165) is 34.2 Å². The number of nitrogens with zero attached hydrogens (tertiary/aromatic N) is 2. The summed E-state index contributed by atoms with van der Waals surface area (Å²) in [5.41, 5.74) is 2.22. The van der Waals surface area contributed by atoms with Gasteiger partial charge in [-0.15, -0.1) is 11.3 Å². The van der Waals surface area contributed by atoms with Crippen LogP contribution >= 0.6 is 22.9 Å². The Hall–Kier alpha value is -1.36. The minimum Gasteiger partial charge on any atom is -0.310 e. The van der Waals surface area contributed by atoms with Crippen LogP contribution in [0, 0.1) is 0 Å². The topological polar surface area (TPSA) is 29.3 Å². The van der Waals surface area contributed by atoms with E-state index >= 15 is 0 Å². The van der Waals surface area contributed by atoms with Gasteiger partial charge in [-0.3, -0.25) is 4.40 Å². The largest absolute Gasteiger partial charge is 0.310 e. The Kier molecular flexibility index (Phi) is 4.05. The van der Waals surface area contributed by atoms with Crippen LogP contribution in [-0.4, -0.2) is 15.9 Å². The first-order chi connectivity index (χ1) is 9.78. The Labute approximate surface area is 127 Å². The maximum absolute atomic E-state index is 6.31. The van der Waals surface area contributed by atoms with Gasteiger partial charge in [-0.05, 0) is 18.2 Å². The first-order valence-electron chi connectivity index (χ1n) is 6.67. The van der Waals surface area contributed by atoms with Crippen LogP contribution in [-0.2, 0) is 6.42 Å². The average Bonchev–Trinajstić information content (AvgIpc) is 3.00. The van der Waals surface area contributed by atoms with E-state index < -0.39 is 0 Å². The minimum atomic E-state index is 0.193. The van der Waals surface area contributed by atoms with Gasteiger partial charge in [0.05, 0.1) is 5.69 Å². The van der Waals surface area contributed by atoms with Crippen molar-refractivity contribution in [3.63, 3.8) is 0 Å². The fraction of sp³-hybridized carbons (Fsp3) is 0.267. The van der Waals surface area contributed by atoms with E-state index in [9.17, 15) is 0 Å². The average molecular weight is 306 g/mol. The molecule has 0 amide bonds. The van der Waals surface area contributed by atoms with Crippen molar-refractivity contribution in [1.82, 2.24) is 14.7 Å². The summed E-state index contributed by atoms with van der Waals surface area (Å²) < 4.78 is 2.07. The molecule has 1 unspecified atom stereocenters. The number of hydrogen-bond acceptors (Lipinski definition) is 3. The molecule has 2 heterocycles. The van der Waals surface area contributed by atoms with Crippen LogP contribution in [0.4, 0.5) is 0 Å². The van der Waals surface area contributed by atoms with Crippen molar-refractivity contribution in [3.8, 4) is 0 Å². The summed E-state index contributed by atoms with van der Waals surface area (Å²) >= 11 is 7.97. The van der Waals surface area contributed by atoms with Gasteiger partial charge in [-0.25, -0.2) is 4.98 Å². The molecule has 3 rings (SSSR count). The van der Waals surface area contributed by atoms with Gasteiger partial charge in [0.1, 0.15) is 0 Å². The van der Waals surface area contributed by atoms with Gasteiger partial charge in [0, 0.05) is 35.3 Å². The van der Waals surface area contributed by atoms with E-state index in [4.69, 9.17) is 11.6 Å². The van der Waals surface area contributed by atoms with Crippen molar-refractivity contribution in [2.45, 2.75) is 19.4 Å². The van der Waals surface area contributed by atoms with E-state index in [-0.39, 0.29) is 6.04 Å². The summed E-state index contributed by atoms with van der Waals surface area (Å²) in [7, 11) is 0. The summed E-state index contributed by atoms with van der Waals surface area (Å²) in [6.45, 7) is 3.01. The highest BCUT2D eigenvalue weighted by atomic mass is 35.5. The molecule has 2 aromatic heterocycles. The second-order valence-corrected chi connectivity index (χ2v) is 5.94. The Morgan fingerprint density at radius 3 is 3.00 bits per heavy atom. The molecule has 1 aromatic carbocycles. The van der Waals surface area contributed by atoms with Crippen LogP contribution in [0.1, 0.15) is 24.2 Å². The third-order valence-corrected chi connectivity index (χ3v) is 4.40. The summed E-state index contributed by atoms with van der Waals surface area (Å²) in [6.07, 6.45) is 4.97. The van der Waals surface area contributed by atoms with Crippen LogP contribution < -0.4 is 5.32 Å². The zero-order chi connectivity index (χ0) is 13.9. The van der Waals surface area contributed by atoms with E-state index in [0.29, 0.717) is 0 Å². The molecule has 1 N–H and O–H groups in total. The Morgan fingerprint density at radius 2 is 2.25 bits per heavy atom. The maximum atomic E-state index is 6.31. The smallest absolute Gasteiger partial charge is 0.193 e. The molecule has 0 bridgehead atoms. The fourth-order valence-corrected chi connectivity index (χ4v) is 3.37. The lowest BCUT2D eigenvalue weighted by Gasteiger charge is -2.18. The molecule has 0 spiro atoms. The van der Waals surface area contributed by atoms with Crippen molar-refractivity contribution in [2.24, 2.45) is 0 Å². The standard InChI is InChI=1S/C15H16ClN3S/c1-2-17-14(12-5-3-4-6-13(12)16)9-11-10-19-7-8-20-15(19)18-11/h3-8,10,14,17H,2,9H2,1H3. The lowest BCUT2D eigenvalue weighted by molar-refractivity contribution is 0.545. The fourth-order valence-electron chi connectivity index (χ4n) is 2.38. The van der Waals surface area contributed by atoms with Gasteiger partial charge in [0.2, 0.25) is 0 Å². The summed E-state index contributed by atoms with van der Waals surface area (Å²) in [6, 6.07) is 8.19. The van der Waals surface area contributed by atoms with Crippen molar-refractivity contribution in [1.29, 1.82) is 0 Å². The highest BCUT2D eigenvalue weighted by Gasteiger charge is 2.16. The highest BCUT2D eigenvalue weighted by molar-refractivity contribution is 7.15. The Bertz CT molecular complexity index is 675. The predicted molar refractivity (Wildman–Crippen MR) is 84.6 cm³/mol. The number of nitrogens with one attached hydrogen (secondary N) is 1. The molecule has 104 valence electrons. The van der Waals surface area contributed by atoms with Crippen molar-refractivity contribution >= 4 is 27.9 Å². The third kappa shape index (κ3) is 2.73. The second kappa shape index (κ2) is 5.95. The zero-order valence-electron chi connectivity index (χ0n) is 11.2. The molecular formula is C15H16ClN3S. The van der Waals surface area contributed by atoms with E-state index in [1.807, 2.05) is 29.8 Å². The molecular weight excluding hydrogens is 290 g/mol. The molecule has 3 aromatic rings. The van der Waals surface area contributed by atoms with Gasteiger partial charge < -0.3 is 5.32 Å². The molecule has 0 aliphatic carbocycles. The number of halogens is 1. The summed E-state index contributed by atoms with van der Waals surface area (Å²) in [4.78, 5) is 5.68. The number of aromatic nitrogens is 2. The van der Waals surface area contributed by atoms with Crippen LogP contribution in [0.5, 0.6) is 0 Å². The van der Waals surface area contributed by atoms with Crippen molar-refractivity contribution in [3.05, 3.63) is 58.3 Å². The molecule has 0 radical (unpaired) electrons. The highest BCUT2D eigenvalue weighted by Crippen LogP contribution is 2.26. The first kappa shape index (κ1) is 13.6. The van der Waals surface area contributed by atoms with Crippen molar-refractivity contribution < 1.29 is 0 Å². The molecule has 0 saturated heterocycles. The van der Waals surface area contributed by atoms with Crippen LogP contribution in [0.3, 0.4) is 0 Å². The lowest BCUT2D eigenvalue weighted by Crippen LogP contribution is -2.23. The molecule has 20 heavy (non-hydrogen) atoms. The van der Waals surface area contributed by atoms with E-state index in [1.54, 1.807) is 11.3 Å². The number of thiazole rings is 1. The van der Waals surface area contributed by atoms with Gasteiger partial charge in [-0.2, -0.15) is 0 Å². The molecule has 3 nitrogen and oxygen atoms in total. The summed E-state index contributed by atoms with van der Waals surface area (Å²) in [5, 5.41) is 6.34. The number of likely N-dealkylation sites (N-methyl/N-ethyl adjacent to an activating group) is 1. The van der Waals surface area contributed by atoms with E-state index in [2.05, 4.69) is 33.9 Å². The van der Waals surface area contributed by atoms with E-state index in [1.165, 1.54) is 0 Å². The second-order valence-electron chi connectivity index (χ2n) is 4.66. The molecule has 0 aliphatic rings. The first-order valence-corrected chi connectivity index (χ1v) is 7.92. The van der Waals surface area contributed by atoms with Gasteiger partial charge in [-0.1, -0.05) is 36.7 Å². The monoisotopic (exact) mass is 305 g/mol. The molecule has 5 heteroatoms. The number of imidazole rings is 1. The lowest BCUT2D eigenvalue weighted by atomic mass is 10.0. The summed E-state index contributed by atoms with van der Waals surface area (Å²) in [5.74, 6) is 0. The Balaban J connectivity index is 1.87. The van der Waals surface area contributed by atoms with Crippen LogP contribution in [0.2, 0.25) is 5.02 Å². The number of rotatable bonds is 5. The molecule has 1 atom stereocenters. The third-order valence-electron chi connectivity index (χ3n) is 3.29. The van der Waals surface area contributed by atoms with Crippen LogP contribution in [0.15, 0.2) is 42.0 Å². The number of fused-ring (bicyclic) bond motifs is 1. The SMILES string of the molecule is CCNC(Cc1cn2ccsc2n1)c1ccccc1Cl. The number of hydrogen-bond donors (Lipinski definition) is 1. The quantitative estimate of drug-likeness (QED) is 0.773. The normalized spacial score (nSPS) is 12.9. The Morgan fingerprint density at radius 1 is 1.40 bits per heavy atom. The van der Waals surface area contributed by atoms with Crippen LogP contribution in [0.25, 0.3) is 4.96 Å². The number of benzene rings is 1. The molecule has 0 saturated carbocycles. The van der Waals surface area contributed by atoms with Gasteiger partial charge in [0.15, 0.2) is 4.96 Å². The van der Waals surface area contributed by atoms with Gasteiger partial charge >= 0.3 is 0 Å². The van der Waals surface area contributed by atoms with Gasteiger partial charge in [0.25, 0.3) is 0 Å². The molecule has 0 fully saturated rings. The zero-order valence-corrected chi connectivity index (χ0v) is 12.8. The molecule has 0 aliphatic heterocycles. The minimum absolute atomic E-state index is 0.193. The predicted octanol–water partition coefficient (Wildman–Crippen LogP) is 3.94.